The van der Waals surface area contributed by atoms with Crippen molar-refractivity contribution in [1.29, 1.82) is 0 Å². The maximum atomic E-state index is 12.0. The minimum Gasteiger partial charge on any atom is -0.324 e. The number of hydrogen-bond donors (Lipinski definition) is 2. The van der Waals surface area contributed by atoms with Crippen molar-refractivity contribution < 1.29 is 13.2 Å². The summed E-state index contributed by atoms with van der Waals surface area (Å²) in [4.78, 5) is 12.0. The SMILES string of the molecule is Cc1cc(C)c(NC(=O)CNC2CCS(=O)(=O)C2)c(C)c1. The van der Waals surface area contributed by atoms with Gasteiger partial charge >= 0.3 is 0 Å². The van der Waals surface area contributed by atoms with Crippen LogP contribution in [0.15, 0.2) is 12.1 Å². The summed E-state index contributed by atoms with van der Waals surface area (Å²) in [7, 11) is -2.91. The number of carbonyl (C=O) groups excluding carboxylic acids is 1. The van der Waals surface area contributed by atoms with Crippen molar-refractivity contribution >= 4 is 21.4 Å². The minimum atomic E-state index is -2.91. The van der Waals surface area contributed by atoms with Crippen molar-refractivity contribution in [3.63, 3.8) is 0 Å². The molecule has 1 heterocycles. The molecule has 2 rings (SSSR count). The fraction of sp³-hybridized carbons (Fsp3) is 0.533. The molecule has 1 amide bonds. The molecule has 1 aliphatic rings. The van der Waals surface area contributed by atoms with Gasteiger partial charge in [0.05, 0.1) is 18.1 Å². The van der Waals surface area contributed by atoms with Gasteiger partial charge < -0.3 is 10.6 Å². The van der Waals surface area contributed by atoms with E-state index in [2.05, 4.69) is 10.6 Å². The third kappa shape index (κ3) is 4.28. The molecule has 1 fully saturated rings. The molecular weight excluding hydrogens is 288 g/mol. The second-order valence-electron chi connectivity index (χ2n) is 5.80. The fourth-order valence-electron chi connectivity index (χ4n) is 2.75. The number of anilines is 1. The van der Waals surface area contributed by atoms with Gasteiger partial charge in [0.25, 0.3) is 0 Å². The Bertz CT molecular complexity index is 630. The predicted octanol–water partition coefficient (Wildman–Crippen LogP) is 1.33. The molecule has 1 aromatic carbocycles. The predicted molar refractivity (Wildman–Crippen MR) is 84.3 cm³/mol. The van der Waals surface area contributed by atoms with Crippen LogP contribution >= 0.6 is 0 Å². The van der Waals surface area contributed by atoms with Gasteiger partial charge in [0, 0.05) is 11.7 Å². The second-order valence-corrected chi connectivity index (χ2v) is 8.03. The lowest BCUT2D eigenvalue weighted by Crippen LogP contribution is -2.37. The molecule has 1 aliphatic heterocycles. The van der Waals surface area contributed by atoms with Crippen LogP contribution in [0.5, 0.6) is 0 Å². The van der Waals surface area contributed by atoms with E-state index in [1.54, 1.807) is 0 Å². The lowest BCUT2D eigenvalue weighted by atomic mass is 10.1. The van der Waals surface area contributed by atoms with Crippen molar-refractivity contribution in [3.8, 4) is 0 Å². The molecule has 21 heavy (non-hydrogen) atoms. The first-order chi connectivity index (χ1) is 9.77. The van der Waals surface area contributed by atoms with Crippen LogP contribution in [0.4, 0.5) is 5.69 Å². The number of rotatable bonds is 4. The van der Waals surface area contributed by atoms with Crippen molar-refractivity contribution in [1.82, 2.24) is 5.32 Å². The average Bonchev–Trinajstić information content (AvgIpc) is 2.71. The first-order valence-electron chi connectivity index (χ1n) is 7.08. The van der Waals surface area contributed by atoms with E-state index in [9.17, 15) is 13.2 Å². The number of benzene rings is 1. The number of sulfone groups is 1. The molecule has 0 radical (unpaired) electrons. The highest BCUT2D eigenvalue weighted by atomic mass is 32.2. The number of amides is 1. The normalized spacial score (nSPS) is 20.4. The highest BCUT2D eigenvalue weighted by Crippen LogP contribution is 2.21. The molecule has 6 heteroatoms. The monoisotopic (exact) mass is 310 g/mol. The van der Waals surface area contributed by atoms with Gasteiger partial charge in [-0.25, -0.2) is 8.42 Å². The minimum absolute atomic E-state index is 0.110. The van der Waals surface area contributed by atoms with Crippen LogP contribution < -0.4 is 10.6 Å². The van der Waals surface area contributed by atoms with Crippen LogP contribution in [-0.2, 0) is 14.6 Å². The Labute approximate surface area is 126 Å². The zero-order valence-electron chi connectivity index (χ0n) is 12.7. The molecule has 1 atom stereocenters. The first kappa shape index (κ1) is 16.0. The summed E-state index contributed by atoms with van der Waals surface area (Å²) in [6.07, 6.45) is 0.582. The van der Waals surface area contributed by atoms with Crippen LogP contribution in [0.2, 0.25) is 0 Å². The van der Waals surface area contributed by atoms with Gasteiger partial charge in [0.2, 0.25) is 5.91 Å². The van der Waals surface area contributed by atoms with Crippen LogP contribution in [0, 0.1) is 20.8 Å². The zero-order chi connectivity index (χ0) is 15.6. The lowest BCUT2D eigenvalue weighted by Gasteiger charge is -2.14. The molecular formula is C15H22N2O3S. The maximum Gasteiger partial charge on any atom is 0.238 e. The Hall–Kier alpha value is -1.40. The number of hydrogen-bond acceptors (Lipinski definition) is 4. The van der Waals surface area contributed by atoms with E-state index in [1.165, 1.54) is 0 Å². The Kier molecular flexibility index (Phi) is 4.68. The van der Waals surface area contributed by atoms with Crippen LogP contribution in [0.1, 0.15) is 23.1 Å². The third-order valence-corrected chi connectivity index (χ3v) is 5.49. The smallest absolute Gasteiger partial charge is 0.238 e. The summed E-state index contributed by atoms with van der Waals surface area (Å²) in [5, 5.41) is 5.92. The van der Waals surface area contributed by atoms with E-state index >= 15 is 0 Å². The van der Waals surface area contributed by atoms with E-state index in [-0.39, 0.29) is 30.0 Å². The average molecular weight is 310 g/mol. The van der Waals surface area contributed by atoms with Gasteiger partial charge in [-0.05, 0) is 38.3 Å². The molecule has 0 bridgehead atoms. The number of aryl methyl sites for hydroxylation is 3. The molecule has 5 nitrogen and oxygen atoms in total. The van der Waals surface area contributed by atoms with E-state index in [4.69, 9.17) is 0 Å². The Morgan fingerprint density at radius 1 is 1.24 bits per heavy atom. The summed E-state index contributed by atoms with van der Waals surface area (Å²) in [5.41, 5.74) is 4.07. The van der Waals surface area contributed by atoms with Crippen LogP contribution in [0.25, 0.3) is 0 Å². The molecule has 0 aliphatic carbocycles. The summed E-state index contributed by atoms with van der Waals surface area (Å²) in [5.74, 6) is 0.195. The van der Waals surface area contributed by atoms with Crippen molar-refractivity contribution in [2.24, 2.45) is 0 Å². The third-order valence-electron chi connectivity index (χ3n) is 3.73. The highest BCUT2D eigenvalue weighted by molar-refractivity contribution is 7.91. The molecule has 1 saturated heterocycles. The Balaban J connectivity index is 1.91. The molecule has 116 valence electrons. The van der Waals surface area contributed by atoms with Gasteiger partial charge in [0.15, 0.2) is 9.84 Å². The number of nitrogens with one attached hydrogen (secondary N) is 2. The van der Waals surface area contributed by atoms with Gasteiger partial charge in [-0.3, -0.25) is 4.79 Å². The van der Waals surface area contributed by atoms with Crippen LogP contribution in [-0.4, -0.2) is 38.4 Å². The molecule has 0 aromatic heterocycles. The molecule has 1 aromatic rings. The fourth-order valence-corrected chi connectivity index (χ4v) is 4.46. The Morgan fingerprint density at radius 2 is 1.86 bits per heavy atom. The summed E-state index contributed by atoms with van der Waals surface area (Å²) >= 11 is 0. The van der Waals surface area contributed by atoms with Gasteiger partial charge in [0.1, 0.15) is 0 Å². The molecule has 0 spiro atoms. The quantitative estimate of drug-likeness (QED) is 0.880. The number of carbonyl (C=O) groups is 1. The van der Waals surface area contributed by atoms with Crippen molar-refractivity contribution in [2.75, 3.05) is 23.4 Å². The first-order valence-corrected chi connectivity index (χ1v) is 8.90. The Morgan fingerprint density at radius 3 is 2.38 bits per heavy atom. The van der Waals surface area contributed by atoms with Gasteiger partial charge in [-0.2, -0.15) is 0 Å². The summed E-state index contributed by atoms with van der Waals surface area (Å²) < 4.78 is 22.7. The van der Waals surface area contributed by atoms with Crippen molar-refractivity contribution in [2.45, 2.75) is 33.2 Å². The molecule has 2 N–H and O–H groups in total. The van der Waals surface area contributed by atoms with Crippen LogP contribution in [0.3, 0.4) is 0 Å². The highest BCUT2D eigenvalue weighted by Gasteiger charge is 2.27. The lowest BCUT2D eigenvalue weighted by molar-refractivity contribution is -0.115. The standard InChI is InChI=1S/C15H22N2O3S/c1-10-6-11(2)15(12(3)7-10)17-14(18)8-16-13-4-5-21(19,20)9-13/h6-7,13,16H,4-5,8-9H2,1-3H3,(H,17,18). The largest absolute Gasteiger partial charge is 0.324 e. The van der Waals surface area contributed by atoms with E-state index in [0.29, 0.717) is 6.42 Å². The topological polar surface area (TPSA) is 75.3 Å². The molecule has 1 unspecified atom stereocenters. The van der Waals surface area contributed by atoms with E-state index < -0.39 is 9.84 Å². The zero-order valence-corrected chi connectivity index (χ0v) is 13.5. The maximum absolute atomic E-state index is 12.0. The second kappa shape index (κ2) is 6.15. The van der Waals surface area contributed by atoms with Crippen molar-refractivity contribution in [3.05, 3.63) is 28.8 Å². The van der Waals surface area contributed by atoms with Gasteiger partial charge in [-0.15, -0.1) is 0 Å². The van der Waals surface area contributed by atoms with E-state index in [0.717, 1.165) is 22.4 Å². The van der Waals surface area contributed by atoms with E-state index in [1.807, 2.05) is 32.9 Å². The van der Waals surface area contributed by atoms with Gasteiger partial charge in [-0.1, -0.05) is 17.7 Å². The summed E-state index contributed by atoms with van der Waals surface area (Å²) in [6, 6.07) is 3.94. The summed E-state index contributed by atoms with van der Waals surface area (Å²) in [6.45, 7) is 6.08. The molecule has 0 saturated carbocycles.